The van der Waals surface area contributed by atoms with Crippen molar-refractivity contribution in [3.8, 4) is 6.07 Å². The summed E-state index contributed by atoms with van der Waals surface area (Å²) in [6, 6.07) is 1.81. The van der Waals surface area contributed by atoms with Gasteiger partial charge in [-0.05, 0) is 26.7 Å². The van der Waals surface area contributed by atoms with Gasteiger partial charge in [0.25, 0.3) is 0 Å². The molecule has 0 aliphatic heterocycles. The highest BCUT2D eigenvalue weighted by Gasteiger charge is 2.37. The summed E-state index contributed by atoms with van der Waals surface area (Å²) in [6.45, 7) is 2.02. The first-order valence-corrected chi connectivity index (χ1v) is 8.50. The first-order chi connectivity index (χ1) is 13.1. The third kappa shape index (κ3) is 5.55. The SMILES string of the molecule is CC(=N/CC(C)(C#N)CF)/C(=C\N)Nc1ncc(C(F)(F)F)c(NC2CC2)n1. The molecule has 11 heteroatoms. The van der Waals surface area contributed by atoms with Gasteiger partial charge in [-0.3, -0.25) is 4.99 Å². The summed E-state index contributed by atoms with van der Waals surface area (Å²) in [5.74, 6) is -0.413. The Balaban J connectivity index is 2.21. The van der Waals surface area contributed by atoms with Crippen molar-refractivity contribution in [1.82, 2.24) is 9.97 Å². The Kier molecular flexibility index (Phi) is 6.43. The van der Waals surface area contributed by atoms with E-state index in [4.69, 9.17) is 11.0 Å². The van der Waals surface area contributed by atoms with Gasteiger partial charge in [-0.1, -0.05) is 0 Å². The smallest absolute Gasteiger partial charge is 0.403 e. The molecule has 28 heavy (non-hydrogen) atoms. The molecule has 7 nitrogen and oxygen atoms in total. The molecule has 1 aliphatic rings. The van der Waals surface area contributed by atoms with Crippen LogP contribution in [0.15, 0.2) is 23.1 Å². The molecule has 1 unspecified atom stereocenters. The summed E-state index contributed by atoms with van der Waals surface area (Å²) >= 11 is 0. The van der Waals surface area contributed by atoms with Crippen molar-refractivity contribution in [3.63, 3.8) is 0 Å². The number of nitriles is 1. The van der Waals surface area contributed by atoms with E-state index < -0.39 is 23.8 Å². The van der Waals surface area contributed by atoms with E-state index in [1.165, 1.54) is 6.92 Å². The summed E-state index contributed by atoms with van der Waals surface area (Å²) < 4.78 is 52.4. The minimum atomic E-state index is -4.59. The van der Waals surface area contributed by atoms with Gasteiger partial charge in [-0.25, -0.2) is 9.37 Å². The fourth-order valence-corrected chi connectivity index (χ4v) is 2.04. The number of aromatic nitrogens is 2. The van der Waals surface area contributed by atoms with Crippen LogP contribution in [0.1, 0.15) is 32.3 Å². The van der Waals surface area contributed by atoms with Crippen LogP contribution in [0, 0.1) is 16.7 Å². The van der Waals surface area contributed by atoms with E-state index >= 15 is 0 Å². The summed E-state index contributed by atoms with van der Waals surface area (Å²) in [5.41, 5.74) is 3.89. The molecule has 0 bridgehead atoms. The van der Waals surface area contributed by atoms with Gasteiger partial charge in [0.05, 0.1) is 24.0 Å². The van der Waals surface area contributed by atoms with Crippen LogP contribution in [0.2, 0.25) is 0 Å². The molecule has 0 amide bonds. The van der Waals surface area contributed by atoms with E-state index in [2.05, 4.69) is 25.6 Å². The topological polar surface area (TPSA) is 112 Å². The van der Waals surface area contributed by atoms with Gasteiger partial charge in [0.2, 0.25) is 5.95 Å². The molecule has 1 aromatic rings. The Hall–Kier alpha value is -2.90. The lowest BCUT2D eigenvalue weighted by Gasteiger charge is -2.17. The van der Waals surface area contributed by atoms with Crippen LogP contribution in [0.3, 0.4) is 0 Å². The minimum Gasteiger partial charge on any atom is -0.403 e. The highest BCUT2D eigenvalue weighted by molar-refractivity contribution is 6.00. The predicted octanol–water partition coefficient (Wildman–Crippen LogP) is 3.24. The maximum atomic E-state index is 13.1. The lowest BCUT2D eigenvalue weighted by atomic mass is 9.95. The molecule has 1 heterocycles. The van der Waals surface area contributed by atoms with Crippen LogP contribution < -0.4 is 16.4 Å². The fraction of sp³-hybridized carbons (Fsp3) is 0.529. The molecular formula is C17H21F4N7. The third-order valence-corrected chi connectivity index (χ3v) is 4.05. The molecule has 1 fully saturated rings. The largest absolute Gasteiger partial charge is 0.421 e. The van der Waals surface area contributed by atoms with Crippen LogP contribution in [0.25, 0.3) is 0 Å². The molecule has 1 aliphatic carbocycles. The van der Waals surface area contributed by atoms with E-state index in [0.29, 0.717) is 11.9 Å². The Morgan fingerprint density at radius 1 is 1.46 bits per heavy atom. The van der Waals surface area contributed by atoms with E-state index in [9.17, 15) is 17.6 Å². The van der Waals surface area contributed by atoms with Gasteiger partial charge < -0.3 is 16.4 Å². The number of alkyl halides is 4. The molecule has 0 saturated heterocycles. The van der Waals surface area contributed by atoms with Crippen LogP contribution >= 0.6 is 0 Å². The fourth-order valence-electron chi connectivity index (χ4n) is 2.04. The number of aliphatic imine (C=N–C) groups is 1. The Bertz CT molecular complexity index is 809. The van der Waals surface area contributed by atoms with Crippen molar-refractivity contribution in [3.05, 3.63) is 23.7 Å². The van der Waals surface area contributed by atoms with Crippen molar-refractivity contribution in [2.45, 2.75) is 38.9 Å². The zero-order chi connectivity index (χ0) is 20.9. The normalized spacial score (nSPS) is 17.6. The molecular weight excluding hydrogens is 378 g/mol. The quantitative estimate of drug-likeness (QED) is 0.457. The zero-order valence-corrected chi connectivity index (χ0v) is 15.4. The van der Waals surface area contributed by atoms with Crippen LogP contribution in [-0.2, 0) is 6.18 Å². The van der Waals surface area contributed by atoms with Crippen molar-refractivity contribution in [2.24, 2.45) is 16.1 Å². The standard InChI is InChI=1S/C17H21F4N7/c1-10(25-9-16(2,7-18)8-23)13(5-22)27-15-24-6-12(17(19,20)21)14(28-15)26-11-3-4-11/h5-6,11H,3-4,7,9,22H2,1-2H3,(H2,24,26,27,28)/b13-5+,25-10-. The third-order valence-electron chi connectivity index (χ3n) is 4.05. The second kappa shape index (κ2) is 8.41. The maximum Gasteiger partial charge on any atom is 0.421 e. The number of hydrogen-bond donors (Lipinski definition) is 3. The van der Waals surface area contributed by atoms with E-state index in [-0.39, 0.29) is 30.0 Å². The van der Waals surface area contributed by atoms with Crippen LogP contribution in [-0.4, -0.2) is 34.9 Å². The van der Waals surface area contributed by atoms with Gasteiger partial charge in [-0.15, -0.1) is 0 Å². The predicted molar refractivity (Wildman–Crippen MR) is 97.2 cm³/mol. The average molecular weight is 399 g/mol. The second-order valence-electron chi connectivity index (χ2n) is 6.79. The number of nitrogens with one attached hydrogen (secondary N) is 2. The number of nitrogens with two attached hydrogens (primary N) is 1. The highest BCUT2D eigenvalue weighted by atomic mass is 19.4. The lowest BCUT2D eigenvalue weighted by Crippen LogP contribution is -2.22. The first kappa shape index (κ1) is 21.4. The van der Waals surface area contributed by atoms with Gasteiger partial charge >= 0.3 is 6.18 Å². The Morgan fingerprint density at radius 3 is 2.64 bits per heavy atom. The zero-order valence-electron chi connectivity index (χ0n) is 15.4. The molecule has 1 atom stereocenters. The van der Waals surface area contributed by atoms with Gasteiger partial charge in [0, 0.05) is 18.4 Å². The number of allylic oxidation sites excluding steroid dienone is 1. The maximum absolute atomic E-state index is 13.1. The lowest BCUT2D eigenvalue weighted by molar-refractivity contribution is -0.137. The number of rotatable bonds is 8. The first-order valence-electron chi connectivity index (χ1n) is 8.50. The molecule has 4 N–H and O–H groups in total. The highest BCUT2D eigenvalue weighted by Crippen LogP contribution is 2.36. The molecule has 0 radical (unpaired) electrons. The summed E-state index contributed by atoms with van der Waals surface area (Å²) in [4.78, 5) is 11.7. The van der Waals surface area contributed by atoms with Crippen molar-refractivity contribution >= 4 is 17.5 Å². The van der Waals surface area contributed by atoms with Gasteiger partial charge in [0.1, 0.15) is 23.5 Å². The molecule has 2 rings (SSSR count). The molecule has 1 aromatic heterocycles. The van der Waals surface area contributed by atoms with Crippen LogP contribution in [0.4, 0.5) is 29.3 Å². The number of hydrogen-bond acceptors (Lipinski definition) is 7. The minimum absolute atomic E-state index is 0.0407. The number of nitrogens with zero attached hydrogens (tertiary/aromatic N) is 4. The number of anilines is 2. The van der Waals surface area contributed by atoms with Gasteiger partial charge in [-0.2, -0.15) is 23.4 Å². The van der Waals surface area contributed by atoms with Crippen molar-refractivity contribution < 1.29 is 17.6 Å². The monoisotopic (exact) mass is 399 g/mol. The summed E-state index contributed by atoms with van der Waals surface area (Å²) in [5, 5.41) is 14.5. The Morgan fingerprint density at radius 2 is 2.14 bits per heavy atom. The molecule has 0 aromatic carbocycles. The summed E-state index contributed by atoms with van der Waals surface area (Å²) in [6.07, 6.45) is -1.21. The molecule has 0 spiro atoms. The molecule has 1 saturated carbocycles. The van der Waals surface area contributed by atoms with Gasteiger partial charge in [0.15, 0.2) is 0 Å². The Labute approximate surface area is 159 Å². The van der Waals surface area contributed by atoms with Crippen molar-refractivity contribution in [2.75, 3.05) is 23.9 Å². The van der Waals surface area contributed by atoms with E-state index in [1.807, 2.05) is 6.07 Å². The van der Waals surface area contributed by atoms with E-state index in [0.717, 1.165) is 19.0 Å². The van der Waals surface area contributed by atoms with Crippen LogP contribution in [0.5, 0.6) is 0 Å². The summed E-state index contributed by atoms with van der Waals surface area (Å²) in [7, 11) is 0. The van der Waals surface area contributed by atoms with E-state index in [1.54, 1.807) is 6.92 Å². The van der Waals surface area contributed by atoms with Crippen molar-refractivity contribution in [1.29, 1.82) is 5.26 Å². The number of halogens is 4. The molecule has 152 valence electrons. The second-order valence-corrected chi connectivity index (χ2v) is 6.79. The average Bonchev–Trinajstić information content (AvgIpc) is 3.47.